The number of rotatable bonds is 3. The maximum atomic E-state index is 13.3. The zero-order chi connectivity index (χ0) is 22.9. The lowest BCUT2D eigenvalue weighted by atomic mass is 9.90. The molecule has 8 nitrogen and oxygen atoms in total. The lowest BCUT2D eigenvalue weighted by Gasteiger charge is -2.32. The van der Waals surface area contributed by atoms with Gasteiger partial charge in [0.25, 0.3) is 0 Å². The molecule has 3 heterocycles. The minimum atomic E-state index is -0.419. The predicted octanol–water partition coefficient (Wildman–Crippen LogP) is 3.65. The summed E-state index contributed by atoms with van der Waals surface area (Å²) in [4.78, 5) is 37.1. The summed E-state index contributed by atoms with van der Waals surface area (Å²) in [5.74, 6) is 1.58. The Morgan fingerprint density at radius 3 is 2.55 bits per heavy atom. The van der Waals surface area contributed by atoms with Crippen molar-refractivity contribution >= 4 is 17.2 Å². The highest BCUT2D eigenvalue weighted by Crippen LogP contribution is 2.28. The van der Waals surface area contributed by atoms with Crippen molar-refractivity contribution in [1.29, 1.82) is 0 Å². The van der Waals surface area contributed by atoms with Gasteiger partial charge in [-0.15, -0.1) is 0 Å². The third-order valence-electron chi connectivity index (χ3n) is 6.34. The molecule has 0 saturated carbocycles. The number of amides is 1. The van der Waals surface area contributed by atoms with Crippen LogP contribution in [-0.2, 0) is 7.05 Å². The number of hydrogen-bond donors (Lipinski definition) is 0. The number of fused-ring (bicyclic) bond motifs is 1. The van der Waals surface area contributed by atoms with Crippen LogP contribution in [-0.4, -0.2) is 50.2 Å². The SMILES string of the molecule is COc1cccc(-c2ncc3c(n2)n(C)c(=O)n3C(=O)N2CCC(c3ccccc3)CC2)c1. The Morgan fingerprint density at radius 2 is 1.82 bits per heavy atom. The molecule has 0 radical (unpaired) electrons. The van der Waals surface area contributed by atoms with Crippen molar-refractivity contribution in [3.63, 3.8) is 0 Å². The normalized spacial score (nSPS) is 14.5. The second kappa shape index (κ2) is 8.54. The minimum Gasteiger partial charge on any atom is -0.497 e. The van der Waals surface area contributed by atoms with E-state index in [1.165, 1.54) is 14.7 Å². The average Bonchev–Trinajstić information content (AvgIpc) is 3.13. The van der Waals surface area contributed by atoms with Gasteiger partial charge in [0.1, 0.15) is 11.3 Å². The number of methoxy groups -OCH3 is 1. The zero-order valence-electron chi connectivity index (χ0n) is 18.6. The first-order valence-electron chi connectivity index (χ1n) is 11.0. The molecule has 0 spiro atoms. The summed E-state index contributed by atoms with van der Waals surface area (Å²) in [7, 11) is 3.22. The Balaban J connectivity index is 1.43. The van der Waals surface area contributed by atoms with Crippen molar-refractivity contribution < 1.29 is 9.53 Å². The molecule has 168 valence electrons. The van der Waals surface area contributed by atoms with Gasteiger partial charge in [0.2, 0.25) is 0 Å². The van der Waals surface area contributed by atoms with Gasteiger partial charge < -0.3 is 9.64 Å². The van der Waals surface area contributed by atoms with E-state index >= 15 is 0 Å². The van der Waals surface area contributed by atoms with Crippen LogP contribution in [0.15, 0.2) is 65.6 Å². The van der Waals surface area contributed by atoms with Gasteiger partial charge in [0, 0.05) is 25.7 Å². The first-order chi connectivity index (χ1) is 16.1. The highest BCUT2D eigenvalue weighted by atomic mass is 16.5. The highest BCUT2D eigenvalue weighted by Gasteiger charge is 2.28. The molecular weight excluding hydrogens is 418 g/mol. The predicted molar refractivity (Wildman–Crippen MR) is 126 cm³/mol. The number of likely N-dealkylation sites (tertiary alicyclic amines) is 1. The van der Waals surface area contributed by atoms with Gasteiger partial charge in [-0.05, 0) is 36.5 Å². The van der Waals surface area contributed by atoms with Crippen molar-refractivity contribution in [3.8, 4) is 17.1 Å². The lowest BCUT2D eigenvalue weighted by Crippen LogP contribution is -2.43. The van der Waals surface area contributed by atoms with Crippen LogP contribution in [0.2, 0.25) is 0 Å². The van der Waals surface area contributed by atoms with Gasteiger partial charge in [-0.1, -0.05) is 42.5 Å². The Labute approximate surface area is 191 Å². The number of aryl methyl sites for hydroxylation is 1. The van der Waals surface area contributed by atoms with E-state index in [-0.39, 0.29) is 6.03 Å². The van der Waals surface area contributed by atoms with Gasteiger partial charge in [0.15, 0.2) is 11.5 Å². The number of carbonyl (C=O) groups excluding carboxylic acids is 1. The van der Waals surface area contributed by atoms with Crippen LogP contribution in [0.5, 0.6) is 5.75 Å². The van der Waals surface area contributed by atoms with Crippen LogP contribution in [0.1, 0.15) is 24.3 Å². The molecule has 1 saturated heterocycles. The molecule has 1 amide bonds. The standard InChI is InChI=1S/C25H25N5O3/c1-28-23-21(16-26-22(27-23)19-9-6-10-20(15-19)33-2)30(24(28)31)25(32)29-13-11-18(12-14-29)17-7-4-3-5-8-17/h3-10,15-16,18H,11-14H2,1-2H3. The first-order valence-corrected chi connectivity index (χ1v) is 11.0. The molecule has 1 fully saturated rings. The molecule has 4 aromatic rings. The first kappa shape index (κ1) is 20.9. The number of aromatic nitrogens is 4. The lowest BCUT2D eigenvalue weighted by molar-refractivity contribution is 0.183. The number of ether oxygens (including phenoxy) is 1. The summed E-state index contributed by atoms with van der Waals surface area (Å²) < 4.78 is 7.87. The van der Waals surface area contributed by atoms with Gasteiger partial charge in [-0.3, -0.25) is 4.57 Å². The molecule has 33 heavy (non-hydrogen) atoms. The zero-order valence-corrected chi connectivity index (χ0v) is 18.6. The van der Waals surface area contributed by atoms with E-state index in [9.17, 15) is 9.59 Å². The van der Waals surface area contributed by atoms with Crippen molar-refractivity contribution in [3.05, 3.63) is 76.8 Å². The number of imidazole rings is 1. The molecule has 2 aromatic carbocycles. The molecule has 2 aromatic heterocycles. The van der Waals surface area contributed by atoms with Gasteiger partial charge in [-0.25, -0.2) is 24.1 Å². The molecule has 0 atom stereocenters. The second-order valence-electron chi connectivity index (χ2n) is 8.27. The van der Waals surface area contributed by atoms with E-state index in [1.807, 2.05) is 42.5 Å². The third-order valence-corrected chi connectivity index (χ3v) is 6.34. The number of carbonyl (C=O) groups is 1. The van der Waals surface area contributed by atoms with Crippen LogP contribution in [0, 0.1) is 0 Å². The molecule has 8 heteroatoms. The van der Waals surface area contributed by atoms with Crippen LogP contribution in [0.25, 0.3) is 22.6 Å². The fourth-order valence-electron chi connectivity index (χ4n) is 4.47. The van der Waals surface area contributed by atoms with E-state index < -0.39 is 5.69 Å². The van der Waals surface area contributed by atoms with Crippen LogP contribution in [0.3, 0.4) is 0 Å². The molecule has 0 unspecified atom stereocenters. The summed E-state index contributed by atoms with van der Waals surface area (Å²) in [6.07, 6.45) is 3.28. The molecule has 1 aliphatic heterocycles. The van der Waals surface area contributed by atoms with Gasteiger partial charge in [0.05, 0.1) is 13.3 Å². The maximum absolute atomic E-state index is 13.3. The molecule has 0 bridgehead atoms. The van der Waals surface area contributed by atoms with E-state index in [1.54, 1.807) is 25.3 Å². The summed E-state index contributed by atoms with van der Waals surface area (Å²) in [6, 6.07) is 17.4. The van der Waals surface area contributed by atoms with Gasteiger partial charge in [-0.2, -0.15) is 0 Å². The molecule has 5 rings (SSSR count). The Kier molecular flexibility index (Phi) is 5.42. The third kappa shape index (κ3) is 3.77. The topological polar surface area (TPSA) is 82.2 Å². The summed E-state index contributed by atoms with van der Waals surface area (Å²) in [6.45, 7) is 1.20. The Bertz CT molecular complexity index is 1370. The Hall–Kier alpha value is -3.94. The van der Waals surface area contributed by atoms with Crippen LogP contribution >= 0.6 is 0 Å². The second-order valence-corrected chi connectivity index (χ2v) is 8.27. The summed E-state index contributed by atoms with van der Waals surface area (Å²) >= 11 is 0. The summed E-state index contributed by atoms with van der Waals surface area (Å²) in [5.41, 5.74) is 2.47. The molecule has 0 N–H and O–H groups in total. The van der Waals surface area contributed by atoms with Crippen molar-refractivity contribution in [2.75, 3.05) is 20.2 Å². The summed E-state index contributed by atoms with van der Waals surface area (Å²) in [5, 5.41) is 0. The van der Waals surface area contributed by atoms with E-state index in [4.69, 9.17) is 4.74 Å². The highest BCUT2D eigenvalue weighted by molar-refractivity contribution is 5.88. The van der Waals surface area contributed by atoms with E-state index in [0.717, 1.165) is 18.4 Å². The fourth-order valence-corrected chi connectivity index (χ4v) is 4.47. The number of nitrogens with zero attached hydrogens (tertiary/aromatic N) is 5. The monoisotopic (exact) mass is 443 g/mol. The number of benzene rings is 2. The minimum absolute atomic E-state index is 0.324. The number of hydrogen-bond acceptors (Lipinski definition) is 5. The molecular formula is C25H25N5O3. The maximum Gasteiger partial charge on any atom is 0.338 e. The van der Waals surface area contributed by atoms with Crippen molar-refractivity contribution in [2.45, 2.75) is 18.8 Å². The van der Waals surface area contributed by atoms with Crippen LogP contribution < -0.4 is 10.4 Å². The van der Waals surface area contributed by atoms with Crippen LogP contribution in [0.4, 0.5) is 4.79 Å². The molecule has 0 aliphatic carbocycles. The van der Waals surface area contributed by atoms with Crippen molar-refractivity contribution in [1.82, 2.24) is 24.0 Å². The smallest absolute Gasteiger partial charge is 0.338 e. The van der Waals surface area contributed by atoms with E-state index in [0.29, 0.717) is 41.7 Å². The van der Waals surface area contributed by atoms with Gasteiger partial charge >= 0.3 is 11.7 Å². The Morgan fingerprint density at radius 1 is 1.06 bits per heavy atom. The number of piperidine rings is 1. The van der Waals surface area contributed by atoms with E-state index in [2.05, 4.69) is 22.1 Å². The largest absolute Gasteiger partial charge is 0.497 e. The fraction of sp³-hybridized carbons (Fsp3) is 0.280. The average molecular weight is 444 g/mol. The quantitative estimate of drug-likeness (QED) is 0.483. The van der Waals surface area contributed by atoms with Crippen molar-refractivity contribution in [2.24, 2.45) is 7.05 Å². The molecule has 1 aliphatic rings.